The second-order valence-electron chi connectivity index (χ2n) is 3.99. The maximum Gasteiger partial charge on any atom is 0.271 e. The third-order valence-corrected chi connectivity index (χ3v) is 2.67. The molecule has 0 unspecified atom stereocenters. The smallest absolute Gasteiger partial charge is 0.258 e. The van der Waals surface area contributed by atoms with Gasteiger partial charge < -0.3 is 0 Å². The molecule has 0 aliphatic rings. The summed E-state index contributed by atoms with van der Waals surface area (Å²) in [6.07, 6.45) is 0. The van der Waals surface area contributed by atoms with Crippen molar-refractivity contribution in [1.29, 1.82) is 0 Å². The van der Waals surface area contributed by atoms with Gasteiger partial charge in [-0.05, 0) is 6.07 Å². The number of halogens is 1. The lowest BCUT2D eigenvalue weighted by atomic mass is 10.2. The third-order valence-electron chi connectivity index (χ3n) is 2.38. The fraction of sp³-hybridized carbons (Fsp3) is 0.273. The van der Waals surface area contributed by atoms with Crippen LogP contribution in [0, 0.1) is 10.1 Å². The summed E-state index contributed by atoms with van der Waals surface area (Å²) in [5, 5.41) is 11.6. The Kier molecular flexibility index (Phi) is 2.93. The number of fused-ring (bicyclic) bond motifs is 1. The van der Waals surface area contributed by atoms with Crippen LogP contribution in [-0.4, -0.2) is 14.9 Å². The molecule has 6 heteroatoms. The fourth-order valence-electron chi connectivity index (χ4n) is 1.47. The summed E-state index contributed by atoms with van der Waals surface area (Å²) in [6, 6.07) is 4.38. The van der Waals surface area contributed by atoms with Crippen LogP contribution in [0.4, 0.5) is 5.69 Å². The second-order valence-corrected chi connectivity index (χ2v) is 4.34. The number of hydrogen-bond donors (Lipinski definition) is 0. The molecule has 0 radical (unpaired) electrons. The summed E-state index contributed by atoms with van der Waals surface area (Å²) in [5.74, 6) is 0.708. The van der Waals surface area contributed by atoms with Crippen LogP contribution in [0.5, 0.6) is 0 Å². The first-order chi connectivity index (χ1) is 7.99. The molecule has 2 aromatic rings. The van der Waals surface area contributed by atoms with E-state index < -0.39 is 4.92 Å². The number of hydrogen-bond acceptors (Lipinski definition) is 4. The minimum absolute atomic E-state index is 0.00183. The van der Waals surface area contributed by atoms with E-state index >= 15 is 0 Å². The average Bonchev–Trinajstić information content (AvgIpc) is 2.27. The van der Waals surface area contributed by atoms with Crippen molar-refractivity contribution in [2.75, 3.05) is 0 Å². The van der Waals surface area contributed by atoms with Crippen LogP contribution in [0.2, 0.25) is 5.15 Å². The Morgan fingerprint density at radius 3 is 2.65 bits per heavy atom. The third kappa shape index (κ3) is 2.19. The van der Waals surface area contributed by atoms with Gasteiger partial charge in [-0.2, -0.15) is 0 Å². The summed E-state index contributed by atoms with van der Waals surface area (Å²) >= 11 is 6.02. The van der Waals surface area contributed by atoms with Gasteiger partial charge in [0.15, 0.2) is 0 Å². The topological polar surface area (TPSA) is 68.9 Å². The van der Waals surface area contributed by atoms with Crippen LogP contribution in [0.3, 0.4) is 0 Å². The summed E-state index contributed by atoms with van der Waals surface area (Å²) in [6.45, 7) is 3.88. The summed E-state index contributed by atoms with van der Waals surface area (Å²) in [4.78, 5) is 18.7. The average molecular weight is 252 g/mol. The Hall–Kier alpha value is -1.75. The van der Waals surface area contributed by atoms with Gasteiger partial charge in [-0.1, -0.05) is 25.4 Å². The molecule has 88 valence electrons. The SMILES string of the molecule is CC(C)c1nc(Cl)c2ccc([N+](=O)[O-])cc2n1. The monoisotopic (exact) mass is 251 g/mol. The molecule has 0 atom stereocenters. The van der Waals surface area contributed by atoms with Crippen LogP contribution in [-0.2, 0) is 0 Å². The number of non-ortho nitro benzene ring substituents is 1. The zero-order valence-electron chi connectivity index (χ0n) is 9.35. The molecule has 1 heterocycles. The lowest BCUT2D eigenvalue weighted by Gasteiger charge is -2.06. The first-order valence-corrected chi connectivity index (χ1v) is 5.48. The van der Waals surface area contributed by atoms with Gasteiger partial charge in [-0.25, -0.2) is 9.97 Å². The highest BCUT2D eigenvalue weighted by molar-refractivity contribution is 6.34. The van der Waals surface area contributed by atoms with E-state index in [0.29, 0.717) is 21.9 Å². The lowest BCUT2D eigenvalue weighted by molar-refractivity contribution is -0.384. The minimum atomic E-state index is -0.454. The molecular weight excluding hydrogens is 242 g/mol. The Balaban J connectivity index is 2.70. The van der Waals surface area contributed by atoms with Gasteiger partial charge >= 0.3 is 0 Å². The van der Waals surface area contributed by atoms with E-state index in [1.54, 1.807) is 6.07 Å². The van der Waals surface area contributed by atoms with E-state index in [4.69, 9.17) is 11.6 Å². The molecule has 17 heavy (non-hydrogen) atoms. The van der Waals surface area contributed by atoms with Gasteiger partial charge in [0.25, 0.3) is 5.69 Å². The molecule has 2 rings (SSSR count). The van der Waals surface area contributed by atoms with Gasteiger partial charge in [0, 0.05) is 23.4 Å². The van der Waals surface area contributed by atoms with Crippen molar-refractivity contribution in [2.24, 2.45) is 0 Å². The quantitative estimate of drug-likeness (QED) is 0.466. The fourth-order valence-corrected chi connectivity index (χ4v) is 1.71. The molecule has 0 amide bonds. The number of rotatable bonds is 2. The maximum atomic E-state index is 10.7. The summed E-state index contributed by atoms with van der Waals surface area (Å²) < 4.78 is 0. The molecule has 0 saturated carbocycles. The molecule has 1 aromatic heterocycles. The maximum absolute atomic E-state index is 10.7. The van der Waals surface area contributed by atoms with Crippen LogP contribution in [0.1, 0.15) is 25.6 Å². The molecule has 1 aromatic carbocycles. The zero-order valence-corrected chi connectivity index (χ0v) is 10.1. The largest absolute Gasteiger partial charge is 0.271 e. The van der Waals surface area contributed by atoms with Crippen LogP contribution in [0.15, 0.2) is 18.2 Å². The highest BCUT2D eigenvalue weighted by Gasteiger charge is 2.12. The van der Waals surface area contributed by atoms with Crippen LogP contribution < -0.4 is 0 Å². The highest BCUT2D eigenvalue weighted by atomic mass is 35.5. The predicted octanol–water partition coefficient (Wildman–Crippen LogP) is 3.31. The molecule has 0 fully saturated rings. The van der Waals surface area contributed by atoms with Crippen molar-refractivity contribution in [3.63, 3.8) is 0 Å². The van der Waals surface area contributed by atoms with E-state index in [1.807, 2.05) is 13.8 Å². The van der Waals surface area contributed by atoms with Gasteiger partial charge in [0.2, 0.25) is 0 Å². The molecule has 0 bridgehead atoms. The molecule has 0 saturated heterocycles. The van der Waals surface area contributed by atoms with E-state index in [0.717, 1.165) is 0 Å². The number of benzene rings is 1. The zero-order chi connectivity index (χ0) is 12.6. The molecule has 0 spiro atoms. The van der Waals surface area contributed by atoms with E-state index in [-0.39, 0.29) is 11.6 Å². The number of nitro benzene ring substituents is 1. The van der Waals surface area contributed by atoms with Crippen molar-refractivity contribution in [1.82, 2.24) is 9.97 Å². The predicted molar refractivity (Wildman–Crippen MR) is 65.3 cm³/mol. The first-order valence-electron chi connectivity index (χ1n) is 5.10. The number of aromatic nitrogens is 2. The Morgan fingerprint density at radius 1 is 1.35 bits per heavy atom. The second kappa shape index (κ2) is 4.25. The standard InChI is InChI=1S/C11H10ClN3O2/c1-6(2)11-13-9-5-7(15(16)17)3-4-8(9)10(12)14-11/h3-6H,1-2H3. The van der Waals surface area contributed by atoms with Crippen molar-refractivity contribution in [3.8, 4) is 0 Å². The summed E-state index contributed by atoms with van der Waals surface area (Å²) in [7, 11) is 0. The van der Waals surface area contributed by atoms with Crippen molar-refractivity contribution >= 4 is 28.2 Å². The van der Waals surface area contributed by atoms with Crippen molar-refractivity contribution < 1.29 is 4.92 Å². The van der Waals surface area contributed by atoms with Crippen molar-refractivity contribution in [2.45, 2.75) is 19.8 Å². The van der Waals surface area contributed by atoms with Gasteiger partial charge in [-0.3, -0.25) is 10.1 Å². The molecular formula is C11H10ClN3O2. The Labute approximate surface area is 103 Å². The van der Waals surface area contributed by atoms with Gasteiger partial charge in [0.1, 0.15) is 11.0 Å². The first kappa shape index (κ1) is 11.7. The van der Waals surface area contributed by atoms with E-state index in [9.17, 15) is 10.1 Å². The molecule has 5 nitrogen and oxygen atoms in total. The van der Waals surface area contributed by atoms with Gasteiger partial charge in [-0.15, -0.1) is 0 Å². The normalized spacial score (nSPS) is 11.1. The van der Waals surface area contributed by atoms with Gasteiger partial charge in [0.05, 0.1) is 10.4 Å². The van der Waals surface area contributed by atoms with Crippen molar-refractivity contribution in [3.05, 3.63) is 39.3 Å². The van der Waals surface area contributed by atoms with E-state index in [1.165, 1.54) is 12.1 Å². The minimum Gasteiger partial charge on any atom is -0.258 e. The molecule has 0 N–H and O–H groups in total. The van der Waals surface area contributed by atoms with E-state index in [2.05, 4.69) is 9.97 Å². The summed E-state index contributed by atoms with van der Waals surface area (Å²) in [5.41, 5.74) is 0.505. The Morgan fingerprint density at radius 2 is 2.06 bits per heavy atom. The lowest BCUT2D eigenvalue weighted by Crippen LogP contribution is -1.99. The Bertz CT molecular complexity index is 599. The highest BCUT2D eigenvalue weighted by Crippen LogP contribution is 2.26. The number of nitro groups is 1. The van der Waals surface area contributed by atoms with Crippen LogP contribution >= 0.6 is 11.6 Å². The molecule has 0 aliphatic heterocycles. The number of nitrogens with zero attached hydrogens (tertiary/aromatic N) is 3. The van der Waals surface area contributed by atoms with Crippen LogP contribution in [0.25, 0.3) is 10.9 Å². The molecule has 0 aliphatic carbocycles.